The third-order valence-corrected chi connectivity index (χ3v) is 6.32. The molecule has 1 fully saturated rings. The number of rotatable bonds is 3. The van der Waals surface area contributed by atoms with Crippen LogP contribution >= 0.6 is 11.3 Å². The summed E-state index contributed by atoms with van der Waals surface area (Å²) in [4.78, 5) is 33.1. The van der Waals surface area contributed by atoms with E-state index in [1.165, 1.54) is 22.2 Å². The van der Waals surface area contributed by atoms with E-state index in [0.29, 0.717) is 10.2 Å². The van der Waals surface area contributed by atoms with Crippen molar-refractivity contribution in [3.8, 4) is 11.1 Å². The van der Waals surface area contributed by atoms with Gasteiger partial charge in [-0.15, -0.1) is 11.3 Å². The monoisotopic (exact) mass is 381 g/mol. The van der Waals surface area contributed by atoms with Crippen molar-refractivity contribution in [3.05, 3.63) is 52.4 Å². The van der Waals surface area contributed by atoms with Gasteiger partial charge in [0.15, 0.2) is 0 Å². The Balaban J connectivity index is 1.70. The molecule has 6 heteroatoms. The molecule has 1 aliphatic rings. The number of carbonyl (C=O) groups excluding carboxylic acids is 1. The Morgan fingerprint density at radius 1 is 1.19 bits per heavy atom. The van der Waals surface area contributed by atoms with E-state index < -0.39 is 0 Å². The number of nitrogens with zero attached hydrogens (tertiary/aromatic N) is 3. The summed E-state index contributed by atoms with van der Waals surface area (Å²) in [6.07, 6.45) is 4.69. The number of fused-ring (bicyclic) bond motifs is 1. The minimum Gasteiger partial charge on any atom is -0.336 e. The van der Waals surface area contributed by atoms with Crippen LogP contribution in [0, 0.1) is 0 Å². The summed E-state index contributed by atoms with van der Waals surface area (Å²) in [5.41, 5.74) is 1.73. The molecule has 3 aromatic rings. The van der Waals surface area contributed by atoms with Gasteiger partial charge in [-0.25, -0.2) is 4.98 Å². The van der Waals surface area contributed by atoms with Crippen molar-refractivity contribution in [2.45, 2.75) is 51.7 Å². The first-order chi connectivity index (χ1) is 13.1. The molecule has 5 nitrogen and oxygen atoms in total. The largest absolute Gasteiger partial charge is 0.336 e. The number of carbonyl (C=O) groups is 1. The van der Waals surface area contributed by atoms with Crippen LogP contribution in [0.1, 0.15) is 33.1 Å². The summed E-state index contributed by atoms with van der Waals surface area (Å²) in [5, 5.41) is 2.57. The second kappa shape index (κ2) is 7.27. The van der Waals surface area contributed by atoms with Crippen molar-refractivity contribution in [1.29, 1.82) is 0 Å². The molecule has 0 N–H and O–H groups in total. The Morgan fingerprint density at radius 3 is 2.59 bits per heavy atom. The second-order valence-electron chi connectivity index (χ2n) is 7.30. The highest BCUT2D eigenvalue weighted by atomic mass is 32.1. The van der Waals surface area contributed by atoms with Crippen molar-refractivity contribution in [2.75, 3.05) is 0 Å². The van der Waals surface area contributed by atoms with Crippen molar-refractivity contribution in [3.63, 3.8) is 0 Å². The normalized spacial score (nSPS) is 20.1. The van der Waals surface area contributed by atoms with Gasteiger partial charge in [0.1, 0.15) is 11.4 Å². The SMILES string of the molecule is C[C@H]1CCC[C@H](C)N1C(=O)Cn1cnc2scc(-c3ccccc3)c2c1=O. The average Bonchev–Trinajstić information content (AvgIpc) is 3.09. The van der Waals surface area contributed by atoms with Crippen LogP contribution < -0.4 is 5.56 Å². The van der Waals surface area contributed by atoms with E-state index in [4.69, 9.17) is 0 Å². The molecule has 0 saturated carbocycles. The number of amides is 1. The highest BCUT2D eigenvalue weighted by molar-refractivity contribution is 7.17. The molecule has 0 spiro atoms. The van der Waals surface area contributed by atoms with Crippen LogP contribution in [-0.2, 0) is 11.3 Å². The molecule has 1 amide bonds. The Hall–Kier alpha value is -2.47. The van der Waals surface area contributed by atoms with Crippen molar-refractivity contribution < 1.29 is 4.79 Å². The van der Waals surface area contributed by atoms with E-state index in [1.807, 2.05) is 40.6 Å². The summed E-state index contributed by atoms with van der Waals surface area (Å²) in [6, 6.07) is 10.3. The highest BCUT2D eigenvalue weighted by Gasteiger charge is 2.29. The molecule has 0 aliphatic carbocycles. The predicted octanol–water partition coefficient (Wildman–Crippen LogP) is 3.91. The summed E-state index contributed by atoms with van der Waals surface area (Å²) >= 11 is 1.46. The van der Waals surface area contributed by atoms with E-state index in [-0.39, 0.29) is 30.1 Å². The summed E-state index contributed by atoms with van der Waals surface area (Å²) in [6.45, 7) is 4.22. The first-order valence-corrected chi connectivity index (χ1v) is 10.3. The molecule has 0 radical (unpaired) electrons. The maximum absolute atomic E-state index is 13.1. The molecule has 0 bridgehead atoms. The van der Waals surface area contributed by atoms with Gasteiger partial charge in [-0.2, -0.15) is 0 Å². The van der Waals surface area contributed by atoms with Crippen molar-refractivity contribution in [1.82, 2.24) is 14.5 Å². The van der Waals surface area contributed by atoms with E-state index in [9.17, 15) is 9.59 Å². The van der Waals surface area contributed by atoms with Gasteiger partial charge in [-0.3, -0.25) is 14.2 Å². The zero-order valence-corrected chi connectivity index (χ0v) is 16.4. The van der Waals surface area contributed by atoms with Gasteiger partial charge in [0.2, 0.25) is 5.91 Å². The zero-order valence-electron chi connectivity index (χ0n) is 15.6. The first kappa shape index (κ1) is 17.9. The molecule has 1 aliphatic heterocycles. The molecule has 2 aromatic heterocycles. The van der Waals surface area contributed by atoms with Crippen molar-refractivity contribution >= 4 is 27.5 Å². The molecule has 1 saturated heterocycles. The van der Waals surface area contributed by atoms with Gasteiger partial charge in [0.25, 0.3) is 5.56 Å². The fraction of sp³-hybridized carbons (Fsp3) is 0.381. The minimum atomic E-state index is -0.147. The number of benzene rings is 1. The molecule has 4 rings (SSSR count). The lowest BCUT2D eigenvalue weighted by molar-refractivity contribution is -0.138. The number of aromatic nitrogens is 2. The van der Waals surface area contributed by atoms with Crippen LogP contribution in [0.5, 0.6) is 0 Å². The number of likely N-dealkylation sites (tertiary alicyclic amines) is 1. The lowest BCUT2D eigenvalue weighted by Crippen LogP contribution is -2.49. The Bertz CT molecular complexity index is 1010. The quantitative estimate of drug-likeness (QED) is 0.691. The molecule has 140 valence electrons. The fourth-order valence-electron chi connectivity index (χ4n) is 4.05. The van der Waals surface area contributed by atoms with E-state index >= 15 is 0 Å². The maximum atomic E-state index is 13.1. The summed E-state index contributed by atoms with van der Waals surface area (Å²) in [5.74, 6) is -0.00515. The zero-order chi connectivity index (χ0) is 19.0. The molecular formula is C21H23N3O2S. The lowest BCUT2D eigenvalue weighted by Gasteiger charge is -2.39. The van der Waals surface area contributed by atoms with E-state index in [2.05, 4.69) is 18.8 Å². The molecule has 2 atom stereocenters. The van der Waals surface area contributed by atoms with Crippen LogP contribution in [0.2, 0.25) is 0 Å². The first-order valence-electron chi connectivity index (χ1n) is 9.39. The molecule has 0 unspecified atom stereocenters. The molecular weight excluding hydrogens is 358 g/mol. The van der Waals surface area contributed by atoms with Gasteiger partial charge in [0.05, 0.1) is 11.7 Å². The predicted molar refractivity (Wildman–Crippen MR) is 109 cm³/mol. The van der Waals surface area contributed by atoms with E-state index in [0.717, 1.165) is 30.4 Å². The van der Waals surface area contributed by atoms with Crippen molar-refractivity contribution in [2.24, 2.45) is 0 Å². The van der Waals surface area contributed by atoms with Gasteiger partial charge < -0.3 is 4.90 Å². The Morgan fingerprint density at radius 2 is 1.89 bits per heavy atom. The molecule has 27 heavy (non-hydrogen) atoms. The average molecular weight is 382 g/mol. The third kappa shape index (κ3) is 3.30. The minimum absolute atomic E-state index is 0.00515. The molecule has 3 heterocycles. The number of piperidine rings is 1. The van der Waals surface area contributed by atoms with Crippen LogP contribution in [0.15, 0.2) is 46.8 Å². The van der Waals surface area contributed by atoms with E-state index in [1.54, 1.807) is 0 Å². The number of hydrogen-bond acceptors (Lipinski definition) is 4. The van der Waals surface area contributed by atoms with Crippen LogP contribution in [-0.4, -0.2) is 32.4 Å². The topological polar surface area (TPSA) is 55.2 Å². The van der Waals surface area contributed by atoms with Crippen LogP contribution in [0.3, 0.4) is 0 Å². The highest BCUT2D eigenvalue weighted by Crippen LogP contribution is 2.30. The van der Waals surface area contributed by atoms with Gasteiger partial charge in [-0.1, -0.05) is 30.3 Å². The smallest absolute Gasteiger partial charge is 0.263 e. The van der Waals surface area contributed by atoms with Crippen LogP contribution in [0.4, 0.5) is 0 Å². The number of hydrogen-bond donors (Lipinski definition) is 0. The lowest BCUT2D eigenvalue weighted by atomic mass is 9.97. The Labute approximate surface area is 162 Å². The summed E-state index contributed by atoms with van der Waals surface area (Å²) < 4.78 is 1.46. The third-order valence-electron chi connectivity index (χ3n) is 5.43. The van der Waals surface area contributed by atoms with Gasteiger partial charge in [0, 0.05) is 23.0 Å². The Kier molecular flexibility index (Phi) is 4.83. The fourth-order valence-corrected chi connectivity index (χ4v) is 4.96. The number of thiophene rings is 1. The maximum Gasteiger partial charge on any atom is 0.263 e. The van der Waals surface area contributed by atoms with Gasteiger partial charge in [-0.05, 0) is 38.7 Å². The summed E-state index contributed by atoms with van der Waals surface area (Å²) in [7, 11) is 0. The standard InChI is InChI=1S/C21H23N3O2S/c1-14-7-6-8-15(2)24(14)18(25)11-23-13-22-20-19(21(23)26)17(12-27-20)16-9-4-3-5-10-16/h3-5,9-10,12-15H,6-8,11H2,1-2H3/t14-,15-/m0/s1. The second-order valence-corrected chi connectivity index (χ2v) is 8.16. The van der Waals surface area contributed by atoms with Crippen LogP contribution in [0.25, 0.3) is 21.3 Å². The molecule has 1 aromatic carbocycles. The van der Waals surface area contributed by atoms with Gasteiger partial charge >= 0.3 is 0 Å².